The Balaban J connectivity index is 1.76. The lowest BCUT2D eigenvalue weighted by atomic mass is 10.1. The molecule has 5 nitrogen and oxygen atoms in total. The number of amides is 1. The van der Waals surface area contributed by atoms with Gasteiger partial charge in [-0.15, -0.1) is 13.2 Å². The second-order valence-electron chi connectivity index (χ2n) is 5.24. The molecule has 1 saturated heterocycles. The van der Waals surface area contributed by atoms with Crippen molar-refractivity contribution in [2.24, 2.45) is 0 Å². The summed E-state index contributed by atoms with van der Waals surface area (Å²) < 4.78 is 45.4. The fourth-order valence-corrected chi connectivity index (χ4v) is 2.33. The number of benzene rings is 1. The molecule has 1 aromatic carbocycles. The van der Waals surface area contributed by atoms with E-state index in [1.54, 1.807) is 0 Å². The van der Waals surface area contributed by atoms with Crippen molar-refractivity contribution in [2.45, 2.75) is 31.9 Å². The predicted molar refractivity (Wildman–Crippen MR) is 77.0 cm³/mol. The molecule has 0 radical (unpaired) electrons. The number of hydrogen-bond donors (Lipinski definition) is 2. The molecule has 1 heterocycles. The minimum atomic E-state index is -4.69. The number of nitrogens with one attached hydrogen (secondary N) is 2. The Hall–Kier alpha value is -1.80. The van der Waals surface area contributed by atoms with Gasteiger partial charge in [0.25, 0.3) is 0 Å². The van der Waals surface area contributed by atoms with Gasteiger partial charge in [0.2, 0.25) is 5.91 Å². The number of morpholine rings is 1. The molecule has 0 unspecified atom stereocenters. The molecule has 2 N–H and O–H groups in total. The molecule has 128 valence electrons. The van der Waals surface area contributed by atoms with Crippen molar-refractivity contribution in [2.75, 3.05) is 19.7 Å². The third-order valence-electron chi connectivity index (χ3n) is 3.47. The van der Waals surface area contributed by atoms with Crippen LogP contribution in [0.4, 0.5) is 13.2 Å². The Morgan fingerprint density at radius 1 is 1.39 bits per heavy atom. The highest BCUT2D eigenvalue weighted by Gasteiger charge is 2.31. The topological polar surface area (TPSA) is 59.6 Å². The van der Waals surface area contributed by atoms with Crippen LogP contribution in [0.3, 0.4) is 0 Å². The number of alkyl halides is 3. The van der Waals surface area contributed by atoms with E-state index in [1.807, 2.05) is 6.92 Å². The molecule has 0 aromatic heterocycles. The SMILES string of the molecule is C[C@H]1OCCN[C@@H]1C(=O)NCCc1ccc(OC(F)(F)F)cc1. The number of hydrogen-bond acceptors (Lipinski definition) is 4. The molecular formula is C15H19F3N2O3. The molecule has 0 saturated carbocycles. The number of carbonyl (C=O) groups is 1. The second kappa shape index (κ2) is 7.65. The fraction of sp³-hybridized carbons (Fsp3) is 0.533. The van der Waals surface area contributed by atoms with E-state index in [0.29, 0.717) is 26.1 Å². The van der Waals surface area contributed by atoms with Crippen LogP contribution in [0.2, 0.25) is 0 Å². The van der Waals surface area contributed by atoms with E-state index in [1.165, 1.54) is 24.3 Å². The monoisotopic (exact) mass is 332 g/mol. The highest BCUT2D eigenvalue weighted by molar-refractivity contribution is 5.82. The Labute approximate surface area is 132 Å². The second-order valence-corrected chi connectivity index (χ2v) is 5.24. The normalized spacial score (nSPS) is 21.7. The van der Waals surface area contributed by atoms with Gasteiger partial charge in [0.05, 0.1) is 12.7 Å². The van der Waals surface area contributed by atoms with E-state index >= 15 is 0 Å². The molecular weight excluding hydrogens is 313 g/mol. The molecule has 8 heteroatoms. The first-order chi connectivity index (χ1) is 10.8. The van der Waals surface area contributed by atoms with Crippen molar-refractivity contribution in [3.63, 3.8) is 0 Å². The lowest BCUT2D eigenvalue weighted by Crippen LogP contribution is -2.55. The van der Waals surface area contributed by atoms with E-state index in [9.17, 15) is 18.0 Å². The summed E-state index contributed by atoms with van der Waals surface area (Å²) in [6, 6.07) is 5.20. The molecule has 0 bridgehead atoms. The summed E-state index contributed by atoms with van der Waals surface area (Å²) in [5, 5.41) is 5.88. The van der Waals surface area contributed by atoms with Crippen LogP contribution in [0.5, 0.6) is 5.75 Å². The van der Waals surface area contributed by atoms with E-state index in [-0.39, 0.29) is 23.8 Å². The van der Waals surface area contributed by atoms with Crippen molar-refractivity contribution >= 4 is 5.91 Å². The van der Waals surface area contributed by atoms with Gasteiger partial charge in [-0.3, -0.25) is 4.79 Å². The number of rotatable bonds is 5. The maximum absolute atomic E-state index is 12.1. The first-order valence-electron chi connectivity index (χ1n) is 7.32. The van der Waals surface area contributed by atoms with Crippen molar-refractivity contribution in [3.8, 4) is 5.75 Å². The zero-order chi connectivity index (χ0) is 16.9. The van der Waals surface area contributed by atoms with Crippen molar-refractivity contribution in [1.82, 2.24) is 10.6 Å². The summed E-state index contributed by atoms with van der Waals surface area (Å²) in [6.45, 7) is 3.43. The van der Waals surface area contributed by atoms with Gasteiger partial charge in [0.1, 0.15) is 11.8 Å². The molecule has 1 aliphatic heterocycles. The maximum Gasteiger partial charge on any atom is 0.573 e. The van der Waals surface area contributed by atoms with Gasteiger partial charge < -0.3 is 20.1 Å². The summed E-state index contributed by atoms with van der Waals surface area (Å²) in [4.78, 5) is 12.0. The molecule has 0 aliphatic carbocycles. The van der Waals surface area contributed by atoms with Crippen molar-refractivity contribution in [3.05, 3.63) is 29.8 Å². The third kappa shape index (κ3) is 5.72. The van der Waals surface area contributed by atoms with Crippen LogP contribution in [0.1, 0.15) is 12.5 Å². The van der Waals surface area contributed by atoms with E-state index < -0.39 is 6.36 Å². The van der Waals surface area contributed by atoms with Gasteiger partial charge >= 0.3 is 6.36 Å². The first kappa shape index (κ1) is 17.6. The van der Waals surface area contributed by atoms with E-state index in [0.717, 1.165) is 5.56 Å². The molecule has 1 amide bonds. The Kier molecular flexibility index (Phi) is 5.84. The van der Waals surface area contributed by atoms with Crippen molar-refractivity contribution in [1.29, 1.82) is 0 Å². The number of halogens is 3. The van der Waals surface area contributed by atoms with E-state index in [4.69, 9.17) is 4.74 Å². The summed E-state index contributed by atoms with van der Waals surface area (Å²) in [5.74, 6) is -0.406. The lowest BCUT2D eigenvalue weighted by Gasteiger charge is -2.29. The Morgan fingerprint density at radius 3 is 2.70 bits per heavy atom. The number of ether oxygens (including phenoxy) is 2. The Morgan fingerprint density at radius 2 is 2.09 bits per heavy atom. The average molecular weight is 332 g/mol. The Bertz CT molecular complexity index is 520. The zero-order valence-corrected chi connectivity index (χ0v) is 12.7. The van der Waals surface area contributed by atoms with Gasteiger partial charge in [0, 0.05) is 13.1 Å². The van der Waals surface area contributed by atoms with Crippen LogP contribution in [-0.4, -0.2) is 44.1 Å². The minimum Gasteiger partial charge on any atom is -0.406 e. The molecule has 1 aliphatic rings. The third-order valence-corrected chi connectivity index (χ3v) is 3.47. The van der Waals surface area contributed by atoms with Crippen LogP contribution < -0.4 is 15.4 Å². The van der Waals surface area contributed by atoms with Gasteiger partial charge in [-0.05, 0) is 31.0 Å². The van der Waals surface area contributed by atoms with Crippen LogP contribution in [-0.2, 0) is 16.0 Å². The summed E-state index contributed by atoms with van der Waals surface area (Å²) in [6.07, 6.45) is -4.37. The highest BCUT2D eigenvalue weighted by Crippen LogP contribution is 2.22. The lowest BCUT2D eigenvalue weighted by molar-refractivity contribution is -0.274. The van der Waals surface area contributed by atoms with Gasteiger partial charge in [-0.1, -0.05) is 12.1 Å². The minimum absolute atomic E-state index is 0.144. The smallest absolute Gasteiger partial charge is 0.406 e. The van der Waals surface area contributed by atoms with Gasteiger partial charge in [0.15, 0.2) is 0 Å². The fourth-order valence-electron chi connectivity index (χ4n) is 2.33. The van der Waals surface area contributed by atoms with Crippen LogP contribution in [0.15, 0.2) is 24.3 Å². The average Bonchev–Trinajstić information content (AvgIpc) is 2.48. The molecule has 1 fully saturated rings. The van der Waals surface area contributed by atoms with E-state index in [2.05, 4.69) is 15.4 Å². The van der Waals surface area contributed by atoms with Crippen LogP contribution in [0.25, 0.3) is 0 Å². The predicted octanol–water partition coefficient (Wildman–Crippen LogP) is 1.62. The quantitative estimate of drug-likeness (QED) is 0.860. The summed E-state index contributed by atoms with van der Waals surface area (Å²) in [5.41, 5.74) is 0.806. The van der Waals surface area contributed by atoms with Crippen LogP contribution >= 0.6 is 0 Å². The number of carbonyl (C=O) groups excluding carboxylic acids is 1. The maximum atomic E-state index is 12.1. The van der Waals surface area contributed by atoms with Gasteiger partial charge in [-0.25, -0.2) is 0 Å². The standard InChI is InChI=1S/C15H19F3N2O3/c1-10-13(19-8-9-22-10)14(21)20-7-6-11-2-4-12(5-3-11)23-15(16,17)18/h2-5,10,13,19H,6-9H2,1H3,(H,20,21)/t10-,13+/m1/s1. The summed E-state index contributed by atoms with van der Waals surface area (Å²) in [7, 11) is 0. The van der Waals surface area contributed by atoms with Gasteiger partial charge in [-0.2, -0.15) is 0 Å². The molecule has 1 aromatic rings. The first-order valence-corrected chi connectivity index (χ1v) is 7.32. The molecule has 0 spiro atoms. The highest BCUT2D eigenvalue weighted by atomic mass is 19.4. The van der Waals surface area contributed by atoms with Crippen LogP contribution in [0, 0.1) is 0 Å². The molecule has 23 heavy (non-hydrogen) atoms. The van der Waals surface area contributed by atoms with Crippen molar-refractivity contribution < 1.29 is 27.4 Å². The molecule has 2 rings (SSSR count). The zero-order valence-electron chi connectivity index (χ0n) is 12.7. The summed E-state index contributed by atoms with van der Waals surface area (Å²) >= 11 is 0. The molecule has 2 atom stereocenters. The largest absolute Gasteiger partial charge is 0.573 e.